The third-order valence-electron chi connectivity index (χ3n) is 5.65. The number of likely N-dealkylation sites (tertiary alicyclic amines) is 1. The smallest absolute Gasteiger partial charge is 0.296 e. The molecule has 0 bridgehead atoms. The number of aromatic nitrogens is 1. The Bertz CT molecular complexity index is 1170. The van der Waals surface area contributed by atoms with Gasteiger partial charge < -0.3 is 14.9 Å². The van der Waals surface area contributed by atoms with E-state index >= 15 is 0 Å². The van der Waals surface area contributed by atoms with Gasteiger partial charge in [0, 0.05) is 31.5 Å². The number of amides is 1. The molecule has 1 aliphatic heterocycles. The lowest BCUT2D eigenvalue weighted by Gasteiger charge is -2.25. The Hall–Kier alpha value is -3.93. The monoisotopic (exact) mass is 427 g/mol. The Morgan fingerprint density at radius 1 is 1.00 bits per heavy atom. The second-order valence-electron chi connectivity index (χ2n) is 8.10. The number of hydrogen-bond donors (Lipinski definition) is 1. The number of anilines is 1. The van der Waals surface area contributed by atoms with Gasteiger partial charge in [-0.25, -0.2) is 0 Å². The van der Waals surface area contributed by atoms with Crippen molar-refractivity contribution in [1.82, 2.24) is 9.88 Å². The summed E-state index contributed by atoms with van der Waals surface area (Å²) in [5.74, 6) is -1.51. The summed E-state index contributed by atoms with van der Waals surface area (Å²) in [4.78, 5) is 33.9. The maximum Gasteiger partial charge on any atom is 0.296 e. The number of hydrogen-bond acceptors (Lipinski definition) is 5. The van der Waals surface area contributed by atoms with Gasteiger partial charge in [-0.1, -0.05) is 48.0 Å². The first-order chi connectivity index (χ1) is 15.4. The SMILES string of the molecule is Cc1ccc(/C(O)=C2/C(=O)C(=O)N(Cc3ccccn3)C2c2ccc(N(C)C)cc2)cc1. The maximum absolute atomic E-state index is 13.1. The average Bonchev–Trinajstić information content (AvgIpc) is 3.05. The highest BCUT2D eigenvalue weighted by Crippen LogP contribution is 2.40. The van der Waals surface area contributed by atoms with Crippen molar-refractivity contribution < 1.29 is 14.7 Å². The summed E-state index contributed by atoms with van der Waals surface area (Å²) in [5, 5.41) is 11.1. The molecule has 1 saturated heterocycles. The van der Waals surface area contributed by atoms with Crippen LogP contribution in [0, 0.1) is 6.92 Å². The molecule has 0 aliphatic carbocycles. The number of Topliss-reactive ketones (excluding diaryl/α,β-unsaturated/α-hetero) is 1. The summed E-state index contributed by atoms with van der Waals surface area (Å²) in [6.07, 6.45) is 1.65. The van der Waals surface area contributed by atoms with Crippen LogP contribution in [0.15, 0.2) is 78.5 Å². The largest absolute Gasteiger partial charge is 0.507 e. The van der Waals surface area contributed by atoms with E-state index in [-0.39, 0.29) is 17.9 Å². The molecule has 0 saturated carbocycles. The molecule has 1 fully saturated rings. The molecule has 1 N–H and O–H groups in total. The molecule has 1 aliphatic rings. The van der Waals surface area contributed by atoms with Crippen LogP contribution in [-0.4, -0.2) is 40.8 Å². The van der Waals surface area contributed by atoms with E-state index in [1.54, 1.807) is 24.4 Å². The zero-order chi connectivity index (χ0) is 22.8. The molecule has 0 spiro atoms. The molecule has 1 atom stereocenters. The van der Waals surface area contributed by atoms with Crippen LogP contribution in [0.3, 0.4) is 0 Å². The first-order valence-electron chi connectivity index (χ1n) is 10.4. The number of aryl methyl sites for hydroxylation is 1. The lowest BCUT2D eigenvalue weighted by molar-refractivity contribution is -0.140. The molecule has 6 heteroatoms. The number of carbonyl (C=O) groups is 2. The predicted molar refractivity (Wildman–Crippen MR) is 124 cm³/mol. The molecule has 2 aromatic carbocycles. The van der Waals surface area contributed by atoms with Crippen molar-refractivity contribution in [2.75, 3.05) is 19.0 Å². The summed E-state index contributed by atoms with van der Waals surface area (Å²) in [6.45, 7) is 2.11. The van der Waals surface area contributed by atoms with Gasteiger partial charge in [0.2, 0.25) is 0 Å². The van der Waals surface area contributed by atoms with Crippen LogP contribution in [0.5, 0.6) is 0 Å². The number of nitrogens with zero attached hydrogens (tertiary/aromatic N) is 3. The maximum atomic E-state index is 13.1. The van der Waals surface area contributed by atoms with Gasteiger partial charge in [-0.05, 0) is 36.8 Å². The molecule has 1 unspecified atom stereocenters. The van der Waals surface area contributed by atoms with Crippen molar-refractivity contribution in [2.45, 2.75) is 19.5 Å². The zero-order valence-electron chi connectivity index (χ0n) is 18.3. The van der Waals surface area contributed by atoms with Crippen LogP contribution in [-0.2, 0) is 16.1 Å². The summed E-state index contributed by atoms with van der Waals surface area (Å²) < 4.78 is 0. The van der Waals surface area contributed by atoms with Crippen LogP contribution in [0.1, 0.15) is 28.4 Å². The van der Waals surface area contributed by atoms with E-state index < -0.39 is 17.7 Å². The lowest BCUT2D eigenvalue weighted by atomic mass is 9.94. The van der Waals surface area contributed by atoms with Crippen LogP contribution in [0.2, 0.25) is 0 Å². The molecule has 3 aromatic rings. The Balaban J connectivity index is 1.84. The molecular formula is C26H25N3O3. The van der Waals surface area contributed by atoms with Crippen LogP contribution in [0.25, 0.3) is 5.76 Å². The fourth-order valence-corrected chi connectivity index (χ4v) is 3.88. The number of carbonyl (C=O) groups excluding carboxylic acids is 2. The normalized spacial score (nSPS) is 17.6. The number of rotatable bonds is 5. The van der Waals surface area contributed by atoms with Crippen molar-refractivity contribution in [1.29, 1.82) is 0 Å². The van der Waals surface area contributed by atoms with Gasteiger partial charge in [0.1, 0.15) is 5.76 Å². The van der Waals surface area contributed by atoms with Crippen molar-refractivity contribution in [3.05, 3.63) is 101 Å². The van der Waals surface area contributed by atoms with Gasteiger partial charge in [0.25, 0.3) is 11.7 Å². The van der Waals surface area contributed by atoms with E-state index in [0.29, 0.717) is 11.3 Å². The van der Waals surface area contributed by atoms with E-state index in [9.17, 15) is 14.7 Å². The fourth-order valence-electron chi connectivity index (χ4n) is 3.88. The average molecular weight is 428 g/mol. The number of benzene rings is 2. The van der Waals surface area contributed by atoms with E-state index in [1.165, 1.54) is 4.90 Å². The third-order valence-corrected chi connectivity index (χ3v) is 5.65. The number of aliphatic hydroxyl groups excluding tert-OH is 1. The van der Waals surface area contributed by atoms with Crippen LogP contribution >= 0.6 is 0 Å². The molecule has 2 heterocycles. The van der Waals surface area contributed by atoms with Crippen molar-refractivity contribution in [3.8, 4) is 0 Å². The molecule has 1 aromatic heterocycles. The van der Waals surface area contributed by atoms with E-state index in [1.807, 2.05) is 74.4 Å². The minimum atomic E-state index is -0.713. The Morgan fingerprint density at radius 2 is 1.69 bits per heavy atom. The van der Waals surface area contributed by atoms with Gasteiger partial charge in [0.15, 0.2) is 0 Å². The first kappa shape index (κ1) is 21.3. The second kappa shape index (κ2) is 8.67. The fraction of sp³-hybridized carbons (Fsp3) is 0.192. The topological polar surface area (TPSA) is 73.7 Å². The summed E-state index contributed by atoms with van der Waals surface area (Å²) in [6, 6.07) is 19.6. The quantitative estimate of drug-likeness (QED) is 0.377. The van der Waals surface area contributed by atoms with Gasteiger partial charge in [0.05, 0.1) is 23.9 Å². The molecule has 4 rings (SSSR count). The Morgan fingerprint density at radius 3 is 2.28 bits per heavy atom. The molecule has 32 heavy (non-hydrogen) atoms. The summed E-state index contributed by atoms with van der Waals surface area (Å²) in [7, 11) is 3.89. The van der Waals surface area contributed by atoms with Crippen molar-refractivity contribution in [2.24, 2.45) is 0 Å². The van der Waals surface area contributed by atoms with Crippen molar-refractivity contribution in [3.63, 3.8) is 0 Å². The van der Waals surface area contributed by atoms with E-state index in [2.05, 4.69) is 4.98 Å². The van der Waals surface area contributed by atoms with Crippen LogP contribution < -0.4 is 4.90 Å². The Labute approximate surface area is 187 Å². The molecule has 0 radical (unpaired) electrons. The van der Waals surface area contributed by atoms with Gasteiger partial charge >= 0.3 is 0 Å². The Kier molecular flexibility index (Phi) is 5.77. The van der Waals surface area contributed by atoms with Crippen LogP contribution in [0.4, 0.5) is 5.69 Å². The lowest BCUT2D eigenvalue weighted by Crippen LogP contribution is -2.29. The van der Waals surface area contributed by atoms with Gasteiger partial charge in [-0.15, -0.1) is 0 Å². The summed E-state index contributed by atoms with van der Waals surface area (Å²) in [5.41, 5.74) is 4.04. The minimum absolute atomic E-state index is 0.0902. The predicted octanol–water partition coefficient (Wildman–Crippen LogP) is 4.08. The number of pyridine rings is 1. The highest BCUT2D eigenvalue weighted by atomic mass is 16.3. The first-order valence-corrected chi connectivity index (χ1v) is 10.4. The number of aliphatic hydroxyl groups is 1. The number of ketones is 1. The van der Waals surface area contributed by atoms with Gasteiger partial charge in [-0.3, -0.25) is 14.6 Å². The van der Waals surface area contributed by atoms with Gasteiger partial charge in [-0.2, -0.15) is 0 Å². The standard InChI is InChI=1S/C26H25N3O3/c1-17-7-9-19(10-8-17)24(30)22-23(18-11-13-21(14-12-18)28(2)3)29(26(32)25(22)31)16-20-6-4-5-15-27-20/h4-15,23,30H,16H2,1-3H3/b24-22-. The van der Waals surface area contributed by atoms with E-state index in [4.69, 9.17) is 0 Å². The molecule has 6 nitrogen and oxygen atoms in total. The minimum Gasteiger partial charge on any atom is -0.507 e. The van der Waals surface area contributed by atoms with Crippen molar-refractivity contribution >= 4 is 23.1 Å². The molecule has 162 valence electrons. The zero-order valence-corrected chi connectivity index (χ0v) is 18.3. The second-order valence-corrected chi connectivity index (χ2v) is 8.10. The highest BCUT2D eigenvalue weighted by molar-refractivity contribution is 6.46. The highest BCUT2D eigenvalue weighted by Gasteiger charge is 2.46. The third kappa shape index (κ3) is 3.99. The molecule has 1 amide bonds. The molecular weight excluding hydrogens is 402 g/mol. The summed E-state index contributed by atoms with van der Waals surface area (Å²) >= 11 is 0. The van der Waals surface area contributed by atoms with E-state index in [0.717, 1.165) is 16.8 Å².